The van der Waals surface area contributed by atoms with Gasteiger partial charge in [-0.05, 0) is 43.0 Å². The molecule has 0 fully saturated rings. The summed E-state index contributed by atoms with van der Waals surface area (Å²) >= 11 is 6.02. The Morgan fingerprint density at radius 1 is 1.03 bits per heavy atom. The fourth-order valence-corrected chi connectivity index (χ4v) is 3.47. The molecule has 1 amide bonds. The van der Waals surface area contributed by atoms with Crippen LogP contribution < -0.4 is 5.32 Å². The molecule has 0 spiro atoms. The molecule has 31 heavy (non-hydrogen) atoms. The molecule has 0 aliphatic heterocycles. The van der Waals surface area contributed by atoms with Crippen LogP contribution in [0, 0.1) is 5.92 Å². The van der Waals surface area contributed by atoms with Crippen LogP contribution in [0.4, 0.5) is 0 Å². The molecule has 1 aromatic heterocycles. The fourth-order valence-electron chi connectivity index (χ4n) is 3.35. The number of oxazole rings is 1. The van der Waals surface area contributed by atoms with E-state index in [2.05, 4.69) is 36.0 Å². The summed E-state index contributed by atoms with van der Waals surface area (Å²) in [5.41, 5.74) is 2.50. The van der Waals surface area contributed by atoms with Crippen LogP contribution in [0.15, 0.2) is 65.3 Å². The lowest BCUT2D eigenvalue weighted by Crippen LogP contribution is -2.36. The van der Waals surface area contributed by atoms with E-state index in [0.29, 0.717) is 30.1 Å². The Morgan fingerprint density at radius 3 is 2.35 bits per heavy atom. The van der Waals surface area contributed by atoms with Gasteiger partial charge in [-0.3, -0.25) is 9.69 Å². The van der Waals surface area contributed by atoms with Crippen molar-refractivity contribution in [1.29, 1.82) is 0 Å². The van der Waals surface area contributed by atoms with Crippen molar-refractivity contribution in [2.24, 2.45) is 5.92 Å². The predicted molar refractivity (Wildman–Crippen MR) is 124 cm³/mol. The zero-order valence-corrected chi connectivity index (χ0v) is 19.3. The molecule has 0 bridgehead atoms. The number of hydrogen-bond donors (Lipinski definition) is 1. The Hall–Kier alpha value is -2.63. The summed E-state index contributed by atoms with van der Waals surface area (Å²) in [7, 11) is 0. The van der Waals surface area contributed by atoms with E-state index in [9.17, 15) is 4.79 Å². The number of carbonyl (C=O) groups excluding carboxylic acids is 1. The van der Waals surface area contributed by atoms with Crippen LogP contribution in [0.5, 0.6) is 0 Å². The molecule has 3 rings (SSSR count). The smallest absolute Gasteiger partial charge is 0.273 e. The topological polar surface area (TPSA) is 58.4 Å². The number of benzene rings is 2. The molecule has 0 saturated heterocycles. The highest BCUT2D eigenvalue weighted by Crippen LogP contribution is 2.20. The lowest BCUT2D eigenvalue weighted by molar-refractivity contribution is 0.0934. The SMILES string of the molecule is CC(C)[C@@H](C)N(Cc1ccc(Cl)cc1)Cc1nc(C(=O)N[C@H](C)c2ccccc2)co1. The molecular formula is C25H30ClN3O2. The van der Waals surface area contributed by atoms with E-state index in [1.165, 1.54) is 6.26 Å². The molecule has 1 heterocycles. The zero-order chi connectivity index (χ0) is 22.4. The number of carbonyl (C=O) groups is 1. The van der Waals surface area contributed by atoms with E-state index in [1.54, 1.807) is 0 Å². The second-order valence-corrected chi connectivity index (χ2v) is 8.68. The van der Waals surface area contributed by atoms with Crippen molar-refractivity contribution in [3.63, 3.8) is 0 Å². The predicted octanol–water partition coefficient (Wildman–Crippen LogP) is 5.87. The molecule has 1 N–H and O–H groups in total. The highest BCUT2D eigenvalue weighted by Gasteiger charge is 2.22. The maximum absolute atomic E-state index is 12.6. The lowest BCUT2D eigenvalue weighted by Gasteiger charge is -2.30. The summed E-state index contributed by atoms with van der Waals surface area (Å²) in [6, 6.07) is 17.9. The number of rotatable bonds is 9. The third kappa shape index (κ3) is 6.42. The normalized spacial score (nSPS) is 13.4. The minimum absolute atomic E-state index is 0.115. The summed E-state index contributed by atoms with van der Waals surface area (Å²) in [4.78, 5) is 19.4. The number of nitrogens with zero attached hydrogens (tertiary/aromatic N) is 2. The van der Waals surface area contributed by atoms with Gasteiger partial charge in [-0.2, -0.15) is 0 Å². The van der Waals surface area contributed by atoms with Crippen molar-refractivity contribution < 1.29 is 9.21 Å². The summed E-state index contributed by atoms with van der Waals surface area (Å²) in [5, 5.41) is 3.70. The molecule has 0 saturated carbocycles. The van der Waals surface area contributed by atoms with Crippen molar-refractivity contribution in [2.45, 2.75) is 52.9 Å². The molecule has 5 nitrogen and oxygen atoms in total. The van der Waals surface area contributed by atoms with Gasteiger partial charge in [-0.25, -0.2) is 4.98 Å². The third-order valence-electron chi connectivity index (χ3n) is 5.61. The van der Waals surface area contributed by atoms with E-state index in [0.717, 1.165) is 22.7 Å². The van der Waals surface area contributed by atoms with Gasteiger partial charge in [0, 0.05) is 17.6 Å². The number of halogens is 1. The van der Waals surface area contributed by atoms with Gasteiger partial charge >= 0.3 is 0 Å². The fraction of sp³-hybridized carbons (Fsp3) is 0.360. The third-order valence-corrected chi connectivity index (χ3v) is 5.86. The number of hydrogen-bond acceptors (Lipinski definition) is 4. The highest BCUT2D eigenvalue weighted by molar-refractivity contribution is 6.30. The van der Waals surface area contributed by atoms with E-state index >= 15 is 0 Å². The number of nitrogens with one attached hydrogen (secondary N) is 1. The van der Waals surface area contributed by atoms with Crippen molar-refractivity contribution in [2.75, 3.05) is 0 Å². The van der Waals surface area contributed by atoms with Crippen LogP contribution in [0.1, 0.15) is 61.2 Å². The van der Waals surface area contributed by atoms with Crippen LogP contribution in [-0.2, 0) is 13.1 Å². The van der Waals surface area contributed by atoms with Crippen LogP contribution in [0.2, 0.25) is 5.02 Å². The molecular weight excluding hydrogens is 410 g/mol. The van der Waals surface area contributed by atoms with Gasteiger partial charge in [0.2, 0.25) is 5.89 Å². The first-order valence-corrected chi connectivity index (χ1v) is 11.0. The summed E-state index contributed by atoms with van der Waals surface area (Å²) < 4.78 is 5.66. The average Bonchev–Trinajstić information content (AvgIpc) is 3.23. The monoisotopic (exact) mass is 439 g/mol. The summed E-state index contributed by atoms with van der Waals surface area (Å²) in [6.07, 6.45) is 1.43. The Labute approximate surface area is 189 Å². The molecule has 0 aliphatic rings. The van der Waals surface area contributed by atoms with E-state index in [4.69, 9.17) is 16.0 Å². The maximum atomic E-state index is 12.6. The minimum atomic E-state index is -0.243. The Bertz CT molecular complexity index is 970. The quantitative estimate of drug-likeness (QED) is 0.453. The van der Waals surface area contributed by atoms with Gasteiger partial charge in [-0.15, -0.1) is 0 Å². The maximum Gasteiger partial charge on any atom is 0.273 e. The molecule has 3 aromatic rings. The summed E-state index contributed by atoms with van der Waals surface area (Å²) in [6.45, 7) is 9.79. The van der Waals surface area contributed by atoms with Gasteiger partial charge in [0.15, 0.2) is 5.69 Å². The first-order chi connectivity index (χ1) is 14.8. The van der Waals surface area contributed by atoms with E-state index in [-0.39, 0.29) is 11.9 Å². The van der Waals surface area contributed by atoms with Crippen LogP contribution in [-0.4, -0.2) is 21.8 Å². The second-order valence-electron chi connectivity index (χ2n) is 8.25. The van der Waals surface area contributed by atoms with E-state index < -0.39 is 0 Å². The molecule has 6 heteroatoms. The molecule has 164 valence electrons. The van der Waals surface area contributed by atoms with Crippen molar-refractivity contribution in [3.05, 3.63) is 88.6 Å². The minimum Gasteiger partial charge on any atom is -0.447 e. The largest absolute Gasteiger partial charge is 0.447 e. The second kappa shape index (κ2) is 10.6. The first kappa shape index (κ1) is 23.0. The standard InChI is InChI=1S/C25H30ClN3O2/c1-17(2)19(4)29(14-20-10-12-22(26)13-11-20)15-24-28-23(16-31-24)25(30)27-18(3)21-8-6-5-7-9-21/h5-13,16-19H,14-15H2,1-4H3,(H,27,30)/t18-,19-/m1/s1. The van der Waals surface area contributed by atoms with Gasteiger partial charge in [0.1, 0.15) is 6.26 Å². The molecule has 0 radical (unpaired) electrons. The molecule has 2 atom stereocenters. The van der Waals surface area contributed by atoms with Gasteiger partial charge < -0.3 is 9.73 Å². The van der Waals surface area contributed by atoms with Crippen LogP contribution in [0.3, 0.4) is 0 Å². The first-order valence-electron chi connectivity index (χ1n) is 10.6. The molecule has 2 aromatic carbocycles. The zero-order valence-electron chi connectivity index (χ0n) is 18.5. The van der Waals surface area contributed by atoms with Crippen molar-refractivity contribution >= 4 is 17.5 Å². The summed E-state index contributed by atoms with van der Waals surface area (Å²) in [5.74, 6) is 0.739. The van der Waals surface area contributed by atoms with Crippen molar-refractivity contribution in [1.82, 2.24) is 15.2 Å². The van der Waals surface area contributed by atoms with Crippen molar-refractivity contribution in [3.8, 4) is 0 Å². The Kier molecular flexibility index (Phi) is 7.88. The molecule has 0 aliphatic carbocycles. The molecule has 0 unspecified atom stereocenters. The van der Waals surface area contributed by atoms with Gasteiger partial charge in [0.05, 0.1) is 12.6 Å². The van der Waals surface area contributed by atoms with Crippen LogP contribution in [0.25, 0.3) is 0 Å². The number of aromatic nitrogens is 1. The Balaban J connectivity index is 1.68. The van der Waals surface area contributed by atoms with Gasteiger partial charge in [0.25, 0.3) is 5.91 Å². The number of amides is 1. The average molecular weight is 440 g/mol. The Morgan fingerprint density at radius 2 is 1.71 bits per heavy atom. The van der Waals surface area contributed by atoms with Crippen LogP contribution >= 0.6 is 11.6 Å². The highest BCUT2D eigenvalue weighted by atomic mass is 35.5. The van der Waals surface area contributed by atoms with Gasteiger partial charge in [-0.1, -0.05) is 67.9 Å². The lowest BCUT2D eigenvalue weighted by atomic mass is 10.0. The van der Waals surface area contributed by atoms with E-state index in [1.807, 2.05) is 61.5 Å².